The molecule has 0 spiro atoms. The normalized spacial score (nSPS) is 12.5. The molecule has 1 unspecified atom stereocenters. The minimum absolute atomic E-state index is 0.0655. The fourth-order valence-corrected chi connectivity index (χ4v) is 1.03. The number of hydrogen-bond acceptors (Lipinski definition) is 4. The van der Waals surface area contributed by atoms with Gasteiger partial charge in [0.25, 0.3) is 0 Å². The van der Waals surface area contributed by atoms with Crippen molar-refractivity contribution in [3.05, 3.63) is 12.2 Å². The molecule has 0 fully saturated rings. The van der Waals surface area contributed by atoms with Gasteiger partial charge in [-0.1, -0.05) is 0 Å². The van der Waals surface area contributed by atoms with Crippen LogP contribution in [0.2, 0.25) is 0 Å². The molecule has 6 heteroatoms. The maximum absolute atomic E-state index is 11.1. The molecule has 1 atom stereocenters. The number of aromatic nitrogens is 3. The number of carbonyl (C=O) groups excluding carboxylic acids is 1. The third kappa shape index (κ3) is 3.37. The van der Waals surface area contributed by atoms with Crippen LogP contribution in [0.3, 0.4) is 0 Å². The van der Waals surface area contributed by atoms with Gasteiger partial charge in [-0.25, -0.2) is 4.98 Å². The highest BCUT2D eigenvalue weighted by atomic mass is 32.1. The van der Waals surface area contributed by atoms with E-state index in [9.17, 15) is 4.79 Å². The molecule has 1 N–H and O–H groups in total. The minimum Gasteiger partial charge on any atom is -0.355 e. The molecule has 0 aliphatic heterocycles. The Morgan fingerprint density at radius 2 is 2.50 bits per heavy atom. The van der Waals surface area contributed by atoms with E-state index in [4.69, 9.17) is 0 Å². The lowest BCUT2D eigenvalue weighted by atomic mass is 10.4. The molecule has 14 heavy (non-hydrogen) atoms. The highest BCUT2D eigenvalue weighted by Gasteiger charge is 2.06. The lowest BCUT2D eigenvalue weighted by molar-refractivity contribution is -0.120. The van der Waals surface area contributed by atoms with Gasteiger partial charge in [-0.05, 0) is 6.92 Å². The minimum atomic E-state index is -0.272. The summed E-state index contributed by atoms with van der Waals surface area (Å²) in [4.78, 5) is 15.1. The third-order valence-electron chi connectivity index (χ3n) is 1.67. The summed E-state index contributed by atoms with van der Waals surface area (Å²) in [6.45, 7) is 2.28. The van der Waals surface area contributed by atoms with Crippen molar-refractivity contribution >= 4 is 18.5 Å². The van der Waals surface area contributed by atoms with Gasteiger partial charge in [0.05, 0.1) is 5.25 Å². The van der Waals surface area contributed by atoms with Crippen LogP contribution in [0.25, 0.3) is 0 Å². The summed E-state index contributed by atoms with van der Waals surface area (Å²) < 4.78 is 1.64. The molecule has 0 radical (unpaired) electrons. The second kappa shape index (κ2) is 4.99. The molecule has 1 amide bonds. The first-order valence-corrected chi connectivity index (χ1v) is 4.91. The van der Waals surface area contributed by atoms with E-state index < -0.39 is 0 Å². The largest absolute Gasteiger partial charge is 0.355 e. The van der Waals surface area contributed by atoms with Crippen molar-refractivity contribution in [2.24, 2.45) is 7.05 Å². The molecule has 1 aromatic heterocycles. The van der Waals surface area contributed by atoms with Crippen LogP contribution in [0.1, 0.15) is 12.7 Å². The van der Waals surface area contributed by atoms with E-state index in [0.717, 1.165) is 5.82 Å². The predicted molar refractivity (Wildman–Crippen MR) is 56.2 cm³/mol. The van der Waals surface area contributed by atoms with Crippen molar-refractivity contribution in [2.75, 3.05) is 6.54 Å². The van der Waals surface area contributed by atoms with Gasteiger partial charge in [0.15, 0.2) is 5.82 Å². The number of nitrogens with one attached hydrogen (secondary N) is 1. The standard InChI is InChI=1S/C8H14N4OS/c1-6(14)8(13)9-4-3-7-10-5-12(2)11-7/h5-6,14H,3-4H2,1-2H3,(H,9,13). The van der Waals surface area contributed by atoms with Crippen LogP contribution in [-0.4, -0.2) is 32.5 Å². The van der Waals surface area contributed by atoms with E-state index in [1.54, 1.807) is 17.9 Å². The smallest absolute Gasteiger partial charge is 0.232 e. The lowest BCUT2D eigenvalue weighted by Crippen LogP contribution is -2.31. The molecule has 0 aliphatic carbocycles. The van der Waals surface area contributed by atoms with E-state index >= 15 is 0 Å². The third-order valence-corrected chi connectivity index (χ3v) is 1.91. The molecule has 0 saturated heterocycles. The van der Waals surface area contributed by atoms with Crippen LogP contribution in [0, 0.1) is 0 Å². The zero-order chi connectivity index (χ0) is 10.6. The molecule has 0 bridgehead atoms. The first-order chi connectivity index (χ1) is 6.59. The Morgan fingerprint density at radius 1 is 1.79 bits per heavy atom. The van der Waals surface area contributed by atoms with Gasteiger partial charge >= 0.3 is 0 Å². The van der Waals surface area contributed by atoms with Crippen LogP contribution >= 0.6 is 12.6 Å². The van der Waals surface area contributed by atoms with Crippen molar-refractivity contribution in [3.8, 4) is 0 Å². The summed E-state index contributed by atoms with van der Waals surface area (Å²) in [5.41, 5.74) is 0. The zero-order valence-electron chi connectivity index (χ0n) is 8.27. The first-order valence-electron chi connectivity index (χ1n) is 4.40. The quantitative estimate of drug-likeness (QED) is 0.682. The van der Waals surface area contributed by atoms with Crippen LogP contribution in [0.4, 0.5) is 0 Å². The molecule has 5 nitrogen and oxygen atoms in total. The molecule has 1 aromatic rings. The van der Waals surface area contributed by atoms with Gasteiger partial charge in [0, 0.05) is 20.0 Å². The highest BCUT2D eigenvalue weighted by Crippen LogP contribution is 1.92. The monoisotopic (exact) mass is 214 g/mol. The molecular weight excluding hydrogens is 200 g/mol. The Morgan fingerprint density at radius 3 is 3.00 bits per heavy atom. The number of amides is 1. The van der Waals surface area contributed by atoms with Crippen LogP contribution < -0.4 is 5.32 Å². The number of carbonyl (C=O) groups is 1. The Kier molecular flexibility index (Phi) is 3.94. The van der Waals surface area contributed by atoms with Crippen molar-refractivity contribution in [1.82, 2.24) is 20.1 Å². The Balaban J connectivity index is 2.25. The second-order valence-electron chi connectivity index (χ2n) is 3.05. The van der Waals surface area contributed by atoms with Gasteiger partial charge in [-0.2, -0.15) is 17.7 Å². The zero-order valence-corrected chi connectivity index (χ0v) is 9.16. The Labute approximate surface area is 88.3 Å². The van der Waals surface area contributed by atoms with Crippen molar-refractivity contribution in [3.63, 3.8) is 0 Å². The predicted octanol–water partition coefficient (Wildman–Crippen LogP) is -0.208. The second-order valence-corrected chi connectivity index (χ2v) is 3.83. The number of hydrogen-bond donors (Lipinski definition) is 2. The number of thiol groups is 1. The van der Waals surface area contributed by atoms with Gasteiger partial charge in [0.2, 0.25) is 5.91 Å². The molecule has 1 heterocycles. The van der Waals surface area contributed by atoms with Gasteiger partial charge in [-0.3, -0.25) is 9.48 Å². The summed E-state index contributed by atoms with van der Waals surface area (Å²) in [6, 6.07) is 0. The average Bonchev–Trinajstić information content (AvgIpc) is 2.51. The van der Waals surface area contributed by atoms with Crippen LogP contribution in [0.5, 0.6) is 0 Å². The molecular formula is C8H14N4OS. The number of nitrogens with zero attached hydrogens (tertiary/aromatic N) is 3. The number of aryl methyl sites for hydroxylation is 1. The number of rotatable bonds is 4. The molecule has 78 valence electrons. The molecule has 0 aliphatic rings. The maximum atomic E-state index is 11.1. The van der Waals surface area contributed by atoms with E-state index in [-0.39, 0.29) is 11.2 Å². The fraction of sp³-hybridized carbons (Fsp3) is 0.625. The topological polar surface area (TPSA) is 59.8 Å². The lowest BCUT2D eigenvalue weighted by Gasteiger charge is -2.04. The van der Waals surface area contributed by atoms with Crippen LogP contribution in [-0.2, 0) is 18.3 Å². The summed E-state index contributed by atoms with van der Waals surface area (Å²) in [7, 11) is 1.81. The van der Waals surface area contributed by atoms with E-state index in [1.165, 1.54) is 0 Å². The van der Waals surface area contributed by atoms with Crippen molar-refractivity contribution in [2.45, 2.75) is 18.6 Å². The summed E-state index contributed by atoms with van der Waals surface area (Å²) >= 11 is 4.01. The van der Waals surface area contributed by atoms with Gasteiger partial charge in [0.1, 0.15) is 6.33 Å². The summed E-state index contributed by atoms with van der Waals surface area (Å²) in [6.07, 6.45) is 2.28. The Bertz CT molecular complexity index is 310. The van der Waals surface area contributed by atoms with Crippen molar-refractivity contribution < 1.29 is 4.79 Å². The maximum Gasteiger partial charge on any atom is 0.232 e. The average molecular weight is 214 g/mol. The van der Waals surface area contributed by atoms with E-state index in [0.29, 0.717) is 13.0 Å². The van der Waals surface area contributed by atoms with Gasteiger partial charge < -0.3 is 5.32 Å². The molecule has 0 aromatic carbocycles. The molecule has 1 rings (SSSR count). The SMILES string of the molecule is CC(S)C(=O)NCCc1ncn(C)n1. The summed E-state index contributed by atoms with van der Waals surface area (Å²) in [5.74, 6) is 0.670. The van der Waals surface area contributed by atoms with E-state index in [1.807, 2.05) is 7.05 Å². The summed E-state index contributed by atoms with van der Waals surface area (Å²) in [5, 5.41) is 6.55. The Hall–Kier alpha value is -1.04. The first kappa shape index (κ1) is 11.0. The van der Waals surface area contributed by atoms with E-state index in [2.05, 4.69) is 28.0 Å². The highest BCUT2D eigenvalue weighted by molar-refractivity contribution is 7.81. The van der Waals surface area contributed by atoms with Crippen LogP contribution in [0.15, 0.2) is 6.33 Å². The van der Waals surface area contributed by atoms with Gasteiger partial charge in [-0.15, -0.1) is 0 Å². The molecule has 0 saturated carbocycles. The van der Waals surface area contributed by atoms with Crippen molar-refractivity contribution in [1.29, 1.82) is 0 Å². The fourth-order valence-electron chi connectivity index (χ4n) is 0.944.